The minimum atomic E-state index is -0.467. The molecule has 1 unspecified atom stereocenters. The molecule has 0 amide bonds. The minimum Gasteiger partial charge on any atom is -0.494 e. The normalized spacial score (nSPS) is 12.0. The van der Waals surface area contributed by atoms with E-state index in [4.69, 9.17) is 4.74 Å². The molecule has 3 nitrogen and oxygen atoms in total. The highest BCUT2D eigenvalue weighted by atomic mass is 79.9. The summed E-state index contributed by atoms with van der Waals surface area (Å²) < 4.78 is 22.7. The monoisotopic (exact) mass is 290 g/mol. The van der Waals surface area contributed by atoms with Crippen LogP contribution in [0.15, 0.2) is 18.2 Å². The van der Waals surface area contributed by atoms with E-state index in [1.165, 1.54) is 26.4 Å². The molecule has 0 saturated heterocycles. The SMILES string of the molecule is COC(=O)C(Br)Cc1ccc(OC)c(F)c1. The van der Waals surface area contributed by atoms with Crippen LogP contribution >= 0.6 is 15.9 Å². The maximum absolute atomic E-state index is 13.3. The molecule has 0 heterocycles. The number of halogens is 2. The molecular weight excluding hydrogens is 279 g/mol. The van der Waals surface area contributed by atoms with Crippen LogP contribution in [0.25, 0.3) is 0 Å². The smallest absolute Gasteiger partial charge is 0.319 e. The van der Waals surface area contributed by atoms with E-state index in [0.717, 1.165) is 0 Å². The number of carbonyl (C=O) groups excluding carboxylic acids is 1. The lowest BCUT2D eigenvalue weighted by Crippen LogP contribution is -2.18. The van der Waals surface area contributed by atoms with Gasteiger partial charge in [0.25, 0.3) is 0 Å². The number of carbonyl (C=O) groups is 1. The average Bonchev–Trinajstić information content (AvgIpc) is 2.28. The number of rotatable bonds is 4. The molecule has 1 rings (SSSR count). The Labute approximate surface area is 102 Å². The third-order valence-electron chi connectivity index (χ3n) is 2.09. The first-order valence-corrected chi connectivity index (χ1v) is 5.54. The Hall–Kier alpha value is -1.10. The average molecular weight is 291 g/mol. The van der Waals surface area contributed by atoms with Gasteiger partial charge in [-0.15, -0.1) is 0 Å². The maximum atomic E-state index is 13.3. The maximum Gasteiger partial charge on any atom is 0.319 e. The highest BCUT2D eigenvalue weighted by molar-refractivity contribution is 9.10. The molecule has 0 N–H and O–H groups in total. The number of hydrogen-bond acceptors (Lipinski definition) is 3. The molecule has 0 saturated carbocycles. The molecule has 0 aliphatic heterocycles. The Morgan fingerprint density at radius 2 is 2.19 bits per heavy atom. The van der Waals surface area contributed by atoms with Crippen molar-refractivity contribution in [3.8, 4) is 5.75 Å². The Kier molecular flexibility index (Phi) is 4.73. The number of methoxy groups -OCH3 is 2. The van der Waals surface area contributed by atoms with Crippen LogP contribution in [0, 0.1) is 5.82 Å². The number of hydrogen-bond donors (Lipinski definition) is 0. The summed E-state index contributed by atoms with van der Waals surface area (Å²) in [6.07, 6.45) is 0.369. The van der Waals surface area contributed by atoms with Crippen LogP contribution in [0.3, 0.4) is 0 Å². The van der Waals surface area contributed by atoms with Crippen molar-refractivity contribution in [3.63, 3.8) is 0 Å². The van der Waals surface area contributed by atoms with Crippen molar-refractivity contribution in [2.24, 2.45) is 0 Å². The van der Waals surface area contributed by atoms with Crippen molar-refractivity contribution in [1.82, 2.24) is 0 Å². The first kappa shape index (κ1) is 13.0. The minimum absolute atomic E-state index is 0.188. The quantitative estimate of drug-likeness (QED) is 0.631. The zero-order valence-electron chi connectivity index (χ0n) is 9.00. The molecule has 0 aromatic heterocycles. The second-order valence-corrected chi connectivity index (χ2v) is 4.27. The van der Waals surface area contributed by atoms with Gasteiger partial charge in [0.1, 0.15) is 4.83 Å². The van der Waals surface area contributed by atoms with Crippen LogP contribution in [-0.4, -0.2) is 25.0 Å². The summed E-state index contributed by atoms with van der Waals surface area (Å²) in [5, 5.41) is 0. The van der Waals surface area contributed by atoms with E-state index >= 15 is 0 Å². The van der Waals surface area contributed by atoms with Gasteiger partial charge in [-0.05, 0) is 24.1 Å². The number of esters is 1. The Morgan fingerprint density at radius 3 is 2.69 bits per heavy atom. The summed E-state index contributed by atoms with van der Waals surface area (Å²) >= 11 is 3.17. The standard InChI is InChI=1S/C11H12BrFO3/c1-15-10-4-3-7(6-9(10)13)5-8(12)11(14)16-2/h3-4,6,8H,5H2,1-2H3. The molecule has 1 aromatic carbocycles. The van der Waals surface area contributed by atoms with Crippen LogP contribution in [-0.2, 0) is 16.0 Å². The van der Waals surface area contributed by atoms with Crippen molar-refractivity contribution in [2.75, 3.05) is 14.2 Å². The molecule has 0 aliphatic carbocycles. The van der Waals surface area contributed by atoms with Gasteiger partial charge in [0, 0.05) is 0 Å². The molecule has 0 spiro atoms. The number of benzene rings is 1. The molecule has 5 heteroatoms. The predicted octanol–water partition coefficient (Wildman–Crippen LogP) is 2.31. The molecule has 0 aliphatic rings. The van der Waals surface area contributed by atoms with Crippen LogP contribution in [0.1, 0.15) is 5.56 Å². The van der Waals surface area contributed by atoms with E-state index in [1.807, 2.05) is 0 Å². The zero-order valence-corrected chi connectivity index (χ0v) is 10.6. The summed E-state index contributed by atoms with van der Waals surface area (Å²) in [4.78, 5) is 10.7. The summed E-state index contributed by atoms with van der Waals surface area (Å²) in [7, 11) is 2.71. The fourth-order valence-corrected chi connectivity index (χ4v) is 1.82. The number of ether oxygens (including phenoxy) is 2. The van der Waals surface area contributed by atoms with Gasteiger partial charge in [-0.2, -0.15) is 0 Å². The topological polar surface area (TPSA) is 35.5 Å². The molecule has 1 atom stereocenters. The first-order valence-electron chi connectivity index (χ1n) is 4.62. The Morgan fingerprint density at radius 1 is 1.50 bits per heavy atom. The molecule has 0 fully saturated rings. The fourth-order valence-electron chi connectivity index (χ4n) is 1.26. The molecule has 1 aromatic rings. The van der Waals surface area contributed by atoms with E-state index in [0.29, 0.717) is 12.0 Å². The van der Waals surface area contributed by atoms with Gasteiger partial charge in [0.2, 0.25) is 0 Å². The predicted molar refractivity (Wildman–Crippen MR) is 61.4 cm³/mol. The second-order valence-electron chi connectivity index (χ2n) is 3.16. The Balaban J connectivity index is 2.75. The lowest BCUT2D eigenvalue weighted by Gasteiger charge is -2.08. The van der Waals surface area contributed by atoms with Gasteiger partial charge in [0.15, 0.2) is 11.6 Å². The summed E-state index contributed by atoms with van der Waals surface area (Å²) in [5.74, 6) is -0.631. The third-order valence-corrected chi connectivity index (χ3v) is 2.79. The molecule has 0 bridgehead atoms. The van der Waals surface area contributed by atoms with Gasteiger partial charge in [0.05, 0.1) is 14.2 Å². The van der Waals surface area contributed by atoms with Crippen molar-refractivity contribution in [1.29, 1.82) is 0 Å². The van der Waals surface area contributed by atoms with Crippen molar-refractivity contribution >= 4 is 21.9 Å². The lowest BCUT2D eigenvalue weighted by atomic mass is 10.1. The van der Waals surface area contributed by atoms with Gasteiger partial charge in [-0.1, -0.05) is 22.0 Å². The largest absolute Gasteiger partial charge is 0.494 e. The first-order chi connectivity index (χ1) is 7.58. The van der Waals surface area contributed by atoms with E-state index in [1.54, 1.807) is 6.07 Å². The third kappa shape index (κ3) is 3.20. The van der Waals surface area contributed by atoms with Crippen LogP contribution in [0.4, 0.5) is 4.39 Å². The highest BCUT2D eigenvalue weighted by Gasteiger charge is 2.16. The van der Waals surface area contributed by atoms with Gasteiger partial charge >= 0.3 is 5.97 Å². The van der Waals surface area contributed by atoms with Gasteiger partial charge in [-0.25, -0.2) is 4.39 Å². The van der Waals surface area contributed by atoms with E-state index in [9.17, 15) is 9.18 Å². The van der Waals surface area contributed by atoms with Crippen molar-refractivity contribution in [2.45, 2.75) is 11.2 Å². The van der Waals surface area contributed by atoms with E-state index < -0.39 is 10.6 Å². The summed E-state index contributed by atoms with van der Waals surface area (Å²) in [6.45, 7) is 0. The highest BCUT2D eigenvalue weighted by Crippen LogP contribution is 2.20. The van der Waals surface area contributed by atoms with Crippen molar-refractivity contribution < 1.29 is 18.7 Å². The fraction of sp³-hybridized carbons (Fsp3) is 0.364. The van der Waals surface area contributed by atoms with Gasteiger partial charge < -0.3 is 9.47 Å². The van der Waals surface area contributed by atoms with E-state index in [2.05, 4.69) is 20.7 Å². The second kappa shape index (κ2) is 5.84. The molecule has 16 heavy (non-hydrogen) atoms. The molecular formula is C11H12BrFO3. The summed E-state index contributed by atoms with van der Waals surface area (Å²) in [6, 6.07) is 4.58. The van der Waals surface area contributed by atoms with Crippen LogP contribution < -0.4 is 4.74 Å². The zero-order chi connectivity index (χ0) is 12.1. The van der Waals surface area contributed by atoms with Gasteiger partial charge in [-0.3, -0.25) is 4.79 Å². The van der Waals surface area contributed by atoms with Crippen molar-refractivity contribution in [3.05, 3.63) is 29.6 Å². The molecule has 88 valence electrons. The van der Waals surface area contributed by atoms with Crippen LogP contribution in [0.2, 0.25) is 0 Å². The van der Waals surface area contributed by atoms with Crippen LogP contribution in [0.5, 0.6) is 5.75 Å². The summed E-state index contributed by atoms with van der Waals surface area (Å²) in [5.41, 5.74) is 0.700. The molecule has 0 radical (unpaired) electrons. The number of alkyl halides is 1. The Bertz CT molecular complexity index is 381. The lowest BCUT2D eigenvalue weighted by molar-refractivity contribution is -0.139. The van der Waals surface area contributed by atoms with E-state index in [-0.39, 0.29) is 11.7 Å².